The van der Waals surface area contributed by atoms with Crippen molar-refractivity contribution in [1.82, 2.24) is 5.32 Å². The van der Waals surface area contributed by atoms with Crippen molar-refractivity contribution in [2.45, 2.75) is 44.7 Å². The van der Waals surface area contributed by atoms with E-state index in [4.69, 9.17) is 16.0 Å². The van der Waals surface area contributed by atoms with Crippen molar-refractivity contribution in [3.63, 3.8) is 0 Å². The van der Waals surface area contributed by atoms with Gasteiger partial charge in [-0.1, -0.05) is 23.7 Å². The van der Waals surface area contributed by atoms with Crippen molar-refractivity contribution in [2.75, 3.05) is 0 Å². The summed E-state index contributed by atoms with van der Waals surface area (Å²) in [6.07, 6.45) is 6.26. The van der Waals surface area contributed by atoms with Crippen LogP contribution in [-0.4, -0.2) is 6.04 Å². The highest BCUT2D eigenvalue weighted by Crippen LogP contribution is 2.30. The van der Waals surface area contributed by atoms with Crippen LogP contribution in [0.25, 0.3) is 0 Å². The van der Waals surface area contributed by atoms with Crippen molar-refractivity contribution in [1.29, 1.82) is 0 Å². The fourth-order valence-corrected chi connectivity index (χ4v) is 3.29. The van der Waals surface area contributed by atoms with Crippen LogP contribution in [0.15, 0.2) is 41.0 Å². The maximum Gasteiger partial charge on any atom is 0.108 e. The highest BCUT2D eigenvalue weighted by atomic mass is 35.5. The predicted octanol–water partition coefficient (Wildman–Crippen LogP) is 4.53. The third-order valence-corrected chi connectivity index (χ3v) is 4.20. The van der Waals surface area contributed by atoms with Gasteiger partial charge in [-0.25, -0.2) is 0 Å². The first-order chi connectivity index (χ1) is 9.72. The molecule has 2 atom stereocenters. The van der Waals surface area contributed by atoms with E-state index in [0.29, 0.717) is 12.1 Å². The van der Waals surface area contributed by atoms with Crippen LogP contribution in [0.1, 0.15) is 42.7 Å². The van der Waals surface area contributed by atoms with Gasteiger partial charge in [-0.3, -0.25) is 0 Å². The van der Waals surface area contributed by atoms with Crippen LogP contribution in [0.4, 0.5) is 0 Å². The highest BCUT2D eigenvalue weighted by molar-refractivity contribution is 6.30. The molecule has 0 aliphatic heterocycles. The summed E-state index contributed by atoms with van der Waals surface area (Å²) < 4.78 is 5.54. The zero-order valence-corrected chi connectivity index (χ0v) is 12.5. The van der Waals surface area contributed by atoms with Gasteiger partial charge < -0.3 is 9.73 Å². The average Bonchev–Trinajstić information content (AvgIpc) is 2.88. The van der Waals surface area contributed by atoms with E-state index < -0.39 is 0 Å². The number of benzene rings is 1. The molecule has 3 heteroatoms. The summed E-state index contributed by atoms with van der Waals surface area (Å²) >= 11 is 6.04. The van der Waals surface area contributed by atoms with E-state index in [1.54, 1.807) is 0 Å². The molecule has 0 radical (unpaired) electrons. The molecule has 2 aromatic rings. The number of nitrogens with one attached hydrogen (secondary N) is 1. The second-order valence-corrected chi connectivity index (χ2v) is 6.08. The molecule has 0 bridgehead atoms. The SMILES string of the molecule is CC(Cc1cccc(Cl)c1)NC1CCCc2occc21. The number of rotatable bonds is 4. The first-order valence-electron chi connectivity index (χ1n) is 7.29. The molecule has 1 aliphatic carbocycles. The number of hydrogen-bond acceptors (Lipinski definition) is 2. The van der Waals surface area contributed by atoms with Crippen molar-refractivity contribution < 1.29 is 4.42 Å². The van der Waals surface area contributed by atoms with E-state index in [0.717, 1.165) is 23.6 Å². The van der Waals surface area contributed by atoms with Gasteiger partial charge in [-0.2, -0.15) is 0 Å². The Morgan fingerprint density at radius 2 is 2.30 bits per heavy atom. The molecular formula is C17H20ClNO. The largest absolute Gasteiger partial charge is 0.469 e. The fourth-order valence-electron chi connectivity index (χ4n) is 3.08. The smallest absolute Gasteiger partial charge is 0.108 e. The molecule has 1 N–H and O–H groups in total. The van der Waals surface area contributed by atoms with Crippen LogP contribution in [0.2, 0.25) is 5.02 Å². The summed E-state index contributed by atoms with van der Waals surface area (Å²) in [7, 11) is 0. The molecule has 0 saturated heterocycles. The minimum Gasteiger partial charge on any atom is -0.469 e. The summed E-state index contributed by atoms with van der Waals surface area (Å²) in [4.78, 5) is 0. The molecule has 0 spiro atoms. The summed E-state index contributed by atoms with van der Waals surface area (Å²) in [6, 6.07) is 11.1. The molecule has 1 aromatic heterocycles. The van der Waals surface area contributed by atoms with Crippen LogP contribution in [0, 0.1) is 0 Å². The lowest BCUT2D eigenvalue weighted by molar-refractivity contribution is 0.381. The van der Waals surface area contributed by atoms with Crippen LogP contribution in [0.3, 0.4) is 0 Å². The molecular weight excluding hydrogens is 270 g/mol. The van der Waals surface area contributed by atoms with Crippen LogP contribution < -0.4 is 5.32 Å². The average molecular weight is 290 g/mol. The normalized spacial score (nSPS) is 19.6. The summed E-state index contributed by atoms with van der Waals surface area (Å²) in [5.74, 6) is 1.16. The highest BCUT2D eigenvalue weighted by Gasteiger charge is 2.23. The Balaban J connectivity index is 1.64. The standard InChI is InChI=1S/C17H20ClNO/c1-12(10-13-4-2-5-14(18)11-13)19-16-6-3-7-17-15(16)8-9-20-17/h2,4-5,8-9,11-12,16,19H,3,6-7,10H2,1H3. The maximum absolute atomic E-state index is 6.04. The molecule has 1 heterocycles. The monoisotopic (exact) mass is 289 g/mol. The number of aryl methyl sites for hydroxylation is 1. The van der Waals surface area contributed by atoms with Crippen LogP contribution >= 0.6 is 11.6 Å². The number of halogens is 1. The summed E-state index contributed by atoms with van der Waals surface area (Å²) in [5, 5.41) is 4.54. The van der Waals surface area contributed by atoms with E-state index in [2.05, 4.69) is 24.4 Å². The molecule has 2 nitrogen and oxygen atoms in total. The molecule has 0 amide bonds. The van der Waals surface area contributed by atoms with E-state index in [1.165, 1.54) is 24.0 Å². The molecule has 106 valence electrons. The van der Waals surface area contributed by atoms with Crippen molar-refractivity contribution in [3.05, 3.63) is 58.5 Å². The second kappa shape index (κ2) is 6.02. The third-order valence-electron chi connectivity index (χ3n) is 3.97. The first kappa shape index (κ1) is 13.7. The Bertz CT molecular complexity index is 578. The van der Waals surface area contributed by atoms with E-state index in [9.17, 15) is 0 Å². The lowest BCUT2D eigenvalue weighted by atomic mass is 9.92. The fraction of sp³-hybridized carbons (Fsp3) is 0.412. The Morgan fingerprint density at radius 3 is 3.15 bits per heavy atom. The predicted molar refractivity (Wildman–Crippen MR) is 82.1 cm³/mol. The number of fused-ring (bicyclic) bond motifs is 1. The zero-order chi connectivity index (χ0) is 13.9. The van der Waals surface area contributed by atoms with Gasteiger partial charge in [0.15, 0.2) is 0 Å². The van der Waals surface area contributed by atoms with E-state index >= 15 is 0 Å². The second-order valence-electron chi connectivity index (χ2n) is 5.65. The van der Waals surface area contributed by atoms with Gasteiger partial charge >= 0.3 is 0 Å². The van der Waals surface area contributed by atoms with E-state index in [-0.39, 0.29) is 0 Å². The Hall–Kier alpha value is -1.25. The number of hydrogen-bond donors (Lipinski definition) is 1. The lowest BCUT2D eigenvalue weighted by Crippen LogP contribution is -2.33. The Morgan fingerprint density at radius 1 is 1.40 bits per heavy atom. The van der Waals surface area contributed by atoms with Gasteiger partial charge in [0.2, 0.25) is 0 Å². The molecule has 0 fully saturated rings. The first-order valence-corrected chi connectivity index (χ1v) is 7.67. The van der Waals surface area contributed by atoms with Crippen LogP contribution in [0.5, 0.6) is 0 Å². The van der Waals surface area contributed by atoms with Gasteiger partial charge in [0.05, 0.1) is 6.26 Å². The summed E-state index contributed by atoms with van der Waals surface area (Å²) in [6.45, 7) is 2.23. The minimum atomic E-state index is 0.416. The minimum absolute atomic E-state index is 0.416. The van der Waals surface area contributed by atoms with Crippen molar-refractivity contribution in [2.24, 2.45) is 0 Å². The van der Waals surface area contributed by atoms with Gasteiger partial charge in [0.25, 0.3) is 0 Å². The van der Waals surface area contributed by atoms with Crippen molar-refractivity contribution in [3.8, 4) is 0 Å². The van der Waals surface area contributed by atoms with Gasteiger partial charge in [0, 0.05) is 29.1 Å². The third kappa shape index (κ3) is 3.08. The topological polar surface area (TPSA) is 25.2 Å². The quantitative estimate of drug-likeness (QED) is 0.894. The Labute approximate surface area is 125 Å². The molecule has 3 rings (SSSR count). The van der Waals surface area contributed by atoms with Gasteiger partial charge in [0.1, 0.15) is 5.76 Å². The summed E-state index contributed by atoms with van der Waals surface area (Å²) in [5.41, 5.74) is 2.62. The van der Waals surface area contributed by atoms with E-state index in [1.807, 2.05) is 24.5 Å². The zero-order valence-electron chi connectivity index (χ0n) is 11.7. The molecule has 20 heavy (non-hydrogen) atoms. The van der Waals surface area contributed by atoms with Crippen LogP contribution in [-0.2, 0) is 12.8 Å². The Kier molecular flexibility index (Phi) is 4.13. The molecule has 1 aliphatic rings. The maximum atomic E-state index is 6.04. The van der Waals surface area contributed by atoms with Crippen molar-refractivity contribution >= 4 is 11.6 Å². The number of furan rings is 1. The molecule has 0 saturated carbocycles. The molecule has 1 aromatic carbocycles. The van der Waals surface area contributed by atoms with Gasteiger partial charge in [-0.15, -0.1) is 0 Å². The molecule has 2 unspecified atom stereocenters. The lowest BCUT2D eigenvalue weighted by Gasteiger charge is -2.26. The van der Waals surface area contributed by atoms with Gasteiger partial charge in [-0.05, 0) is 49.9 Å².